The lowest BCUT2D eigenvalue weighted by atomic mass is 10.3. The molecule has 0 aromatic rings. The third-order valence-corrected chi connectivity index (χ3v) is 3.92. The Hall–Kier alpha value is -0.820. The van der Waals surface area contributed by atoms with Gasteiger partial charge in [0.1, 0.15) is 6.54 Å². The molecule has 0 spiro atoms. The van der Waals surface area contributed by atoms with Crippen molar-refractivity contribution >= 4 is 17.7 Å². The Morgan fingerprint density at radius 1 is 1.62 bits per heavy atom. The van der Waals surface area contributed by atoms with Crippen LogP contribution in [0.3, 0.4) is 0 Å². The summed E-state index contributed by atoms with van der Waals surface area (Å²) in [7, 11) is 0. The van der Waals surface area contributed by atoms with Gasteiger partial charge in [-0.2, -0.15) is 11.8 Å². The number of thioether (sulfide) groups is 1. The summed E-state index contributed by atoms with van der Waals surface area (Å²) in [6, 6.07) is 0. The molecule has 0 aliphatic carbocycles. The SMILES string of the molecule is C#CCN=C(NCC)N1CCSC(CC)C1. The van der Waals surface area contributed by atoms with Crippen molar-refractivity contribution in [3.8, 4) is 12.3 Å². The number of nitrogens with one attached hydrogen (secondary N) is 1. The summed E-state index contributed by atoms with van der Waals surface area (Å²) in [6.07, 6.45) is 6.47. The van der Waals surface area contributed by atoms with Crippen molar-refractivity contribution in [1.82, 2.24) is 10.2 Å². The summed E-state index contributed by atoms with van der Waals surface area (Å²) in [6.45, 7) is 7.83. The average Bonchev–Trinajstić information content (AvgIpc) is 2.34. The van der Waals surface area contributed by atoms with Crippen molar-refractivity contribution in [1.29, 1.82) is 0 Å². The maximum atomic E-state index is 5.25. The Morgan fingerprint density at radius 3 is 3.06 bits per heavy atom. The molecule has 0 aromatic carbocycles. The predicted octanol–water partition coefficient (Wildman–Crippen LogP) is 1.41. The lowest BCUT2D eigenvalue weighted by molar-refractivity contribution is 0.409. The minimum atomic E-state index is 0.461. The quantitative estimate of drug-likeness (QED) is 0.458. The molecule has 0 radical (unpaired) electrons. The fourth-order valence-electron chi connectivity index (χ4n) is 1.71. The highest BCUT2D eigenvalue weighted by atomic mass is 32.2. The fourth-order valence-corrected chi connectivity index (χ4v) is 2.89. The van der Waals surface area contributed by atoms with E-state index in [9.17, 15) is 0 Å². The van der Waals surface area contributed by atoms with Gasteiger partial charge >= 0.3 is 0 Å². The molecule has 1 fully saturated rings. The third kappa shape index (κ3) is 3.97. The van der Waals surface area contributed by atoms with Gasteiger partial charge in [-0.15, -0.1) is 6.42 Å². The largest absolute Gasteiger partial charge is 0.356 e. The van der Waals surface area contributed by atoms with E-state index >= 15 is 0 Å². The molecule has 1 N–H and O–H groups in total. The van der Waals surface area contributed by atoms with Gasteiger partial charge in [0.05, 0.1) is 0 Å². The first-order valence-corrected chi connectivity index (χ1v) is 6.95. The van der Waals surface area contributed by atoms with E-state index in [1.54, 1.807) is 0 Å². The van der Waals surface area contributed by atoms with Gasteiger partial charge in [-0.05, 0) is 13.3 Å². The Balaban J connectivity index is 2.59. The Bertz CT molecular complexity index is 270. The summed E-state index contributed by atoms with van der Waals surface area (Å²) in [4.78, 5) is 6.74. The maximum absolute atomic E-state index is 5.25. The minimum absolute atomic E-state index is 0.461. The van der Waals surface area contributed by atoms with Crippen LogP contribution in [-0.2, 0) is 0 Å². The smallest absolute Gasteiger partial charge is 0.194 e. The second-order valence-corrected chi connectivity index (χ2v) is 5.13. The molecule has 4 heteroatoms. The zero-order valence-electron chi connectivity index (χ0n) is 10.2. The molecular weight excluding hydrogens is 218 g/mol. The first-order chi connectivity index (χ1) is 7.81. The third-order valence-electron chi connectivity index (χ3n) is 2.55. The zero-order chi connectivity index (χ0) is 11.8. The molecule has 1 atom stereocenters. The van der Waals surface area contributed by atoms with Gasteiger partial charge in [0.15, 0.2) is 5.96 Å². The Labute approximate surface area is 103 Å². The summed E-state index contributed by atoms with van der Waals surface area (Å²) in [5.41, 5.74) is 0. The molecule has 1 heterocycles. The summed E-state index contributed by atoms with van der Waals surface area (Å²) >= 11 is 2.06. The molecule has 1 unspecified atom stereocenters. The van der Waals surface area contributed by atoms with Gasteiger partial charge in [0.2, 0.25) is 0 Å². The minimum Gasteiger partial charge on any atom is -0.356 e. The fraction of sp³-hybridized carbons (Fsp3) is 0.750. The topological polar surface area (TPSA) is 27.6 Å². The number of rotatable bonds is 3. The molecule has 90 valence electrons. The van der Waals surface area contributed by atoms with Crippen molar-refractivity contribution in [3.63, 3.8) is 0 Å². The van der Waals surface area contributed by atoms with Crippen molar-refractivity contribution in [2.45, 2.75) is 25.5 Å². The summed E-state index contributed by atoms with van der Waals surface area (Å²) in [5.74, 6) is 4.71. The van der Waals surface area contributed by atoms with Crippen LogP contribution in [0.15, 0.2) is 4.99 Å². The molecule has 0 aromatic heterocycles. The van der Waals surface area contributed by atoms with Crippen LogP contribution in [-0.4, -0.2) is 48.0 Å². The highest BCUT2D eigenvalue weighted by Crippen LogP contribution is 2.20. The first kappa shape index (κ1) is 13.2. The van der Waals surface area contributed by atoms with Crippen molar-refractivity contribution < 1.29 is 0 Å². The molecule has 0 bridgehead atoms. The molecule has 3 nitrogen and oxygen atoms in total. The second kappa shape index (κ2) is 7.45. The van der Waals surface area contributed by atoms with Gasteiger partial charge in [-0.3, -0.25) is 0 Å². The van der Waals surface area contributed by atoms with E-state index in [1.165, 1.54) is 12.2 Å². The van der Waals surface area contributed by atoms with Crippen molar-refractivity contribution in [2.24, 2.45) is 4.99 Å². The number of hydrogen-bond donors (Lipinski definition) is 1. The summed E-state index contributed by atoms with van der Waals surface area (Å²) < 4.78 is 0. The average molecular weight is 239 g/mol. The van der Waals surface area contributed by atoms with Crippen LogP contribution in [0.1, 0.15) is 20.3 Å². The van der Waals surface area contributed by atoms with Crippen LogP contribution in [0.4, 0.5) is 0 Å². The Morgan fingerprint density at radius 2 is 2.44 bits per heavy atom. The first-order valence-electron chi connectivity index (χ1n) is 5.90. The highest BCUT2D eigenvalue weighted by molar-refractivity contribution is 8.00. The number of terminal acetylenes is 1. The highest BCUT2D eigenvalue weighted by Gasteiger charge is 2.21. The van der Waals surface area contributed by atoms with Crippen LogP contribution in [0, 0.1) is 12.3 Å². The number of nitrogens with zero attached hydrogens (tertiary/aromatic N) is 2. The molecule has 16 heavy (non-hydrogen) atoms. The van der Waals surface area contributed by atoms with E-state index in [0.717, 1.165) is 30.8 Å². The zero-order valence-corrected chi connectivity index (χ0v) is 11.0. The van der Waals surface area contributed by atoms with Crippen molar-refractivity contribution in [2.75, 3.05) is 31.9 Å². The van der Waals surface area contributed by atoms with Crippen LogP contribution >= 0.6 is 11.8 Å². The van der Waals surface area contributed by atoms with E-state index in [2.05, 4.69) is 46.7 Å². The van der Waals surface area contributed by atoms with E-state index in [-0.39, 0.29) is 0 Å². The Kier molecular flexibility index (Phi) is 6.17. The number of hydrogen-bond acceptors (Lipinski definition) is 2. The maximum Gasteiger partial charge on any atom is 0.194 e. The van der Waals surface area contributed by atoms with Gasteiger partial charge in [-0.25, -0.2) is 4.99 Å². The van der Waals surface area contributed by atoms with E-state index in [4.69, 9.17) is 6.42 Å². The van der Waals surface area contributed by atoms with Crippen LogP contribution in [0.25, 0.3) is 0 Å². The number of aliphatic imine (C=N–C) groups is 1. The molecular formula is C12H21N3S. The van der Waals surface area contributed by atoms with Gasteiger partial charge in [0, 0.05) is 30.6 Å². The summed E-state index contributed by atoms with van der Waals surface area (Å²) in [5, 5.41) is 4.03. The predicted molar refractivity (Wildman–Crippen MR) is 72.9 cm³/mol. The lowest BCUT2D eigenvalue weighted by Crippen LogP contribution is -2.48. The monoisotopic (exact) mass is 239 g/mol. The van der Waals surface area contributed by atoms with Gasteiger partial charge < -0.3 is 10.2 Å². The van der Waals surface area contributed by atoms with E-state index in [1.807, 2.05) is 0 Å². The van der Waals surface area contributed by atoms with Crippen LogP contribution in [0.5, 0.6) is 0 Å². The van der Waals surface area contributed by atoms with Gasteiger partial charge in [0.25, 0.3) is 0 Å². The molecule has 1 aliphatic heterocycles. The molecule has 1 rings (SSSR count). The van der Waals surface area contributed by atoms with Gasteiger partial charge in [-0.1, -0.05) is 12.8 Å². The van der Waals surface area contributed by atoms with Crippen LogP contribution < -0.4 is 5.32 Å². The normalized spacial score (nSPS) is 21.7. The number of guanidine groups is 1. The molecule has 1 aliphatic rings. The lowest BCUT2D eigenvalue weighted by Gasteiger charge is -2.34. The standard InChI is InChI=1S/C12H21N3S/c1-4-7-14-12(13-6-3)15-8-9-16-11(5-2)10-15/h1,11H,5-10H2,2-3H3,(H,13,14). The molecule has 0 amide bonds. The molecule has 1 saturated heterocycles. The van der Waals surface area contributed by atoms with Crippen molar-refractivity contribution in [3.05, 3.63) is 0 Å². The second-order valence-electron chi connectivity index (χ2n) is 3.72. The van der Waals surface area contributed by atoms with E-state index in [0.29, 0.717) is 6.54 Å². The van der Waals surface area contributed by atoms with Crippen LogP contribution in [0.2, 0.25) is 0 Å². The van der Waals surface area contributed by atoms with E-state index < -0.39 is 0 Å². The molecule has 0 saturated carbocycles.